The number of ether oxygens (including phenoxy) is 2. The minimum absolute atomic E-state index is 0.186. The number of carbonyl (C=O) groups is 1. The van der Waals surface area contributed by atoms with Gasteiger partial charge in [0.2, 0.25) is 15.7 Å². The first kappa shape index (κ1) is 31.3. The number of aryl methyl sites for hydroxylation is 1. The number of sulfone groups is 1. The molecule has 4 aromatic carbocycles. The average Bonchev–Trinajstić information content (AvgIpc) is 3.05. The van der Waals surface area contributed by atoms with E-state index in [1.165, 1.54) is 24.8 Å². The lowest BCUT2D eigenvalue weighted by Gasteiger charge is -2.35. The number of hydrogen-bond donors (Lipinski definition) is 0. The lowest BCUT2D eigenvalue weighted by molar-refractivity contribution is -0.133. The Bertz CT molecular complexity index is 1660. The van der Waals surface area contributed by atoms with Crippen LogP contribution in [0, 0.1) is 6.92 Å². The van der Waals surface area contributed by atoms with Crippen LogP contribution in [0.25, 0.3) is 0 Å². The average molecular weight is 613 g/mol. The molecular formula is C36H40N2O5S. The molecule has 0 saturated carbocycles. The van der Waals surface area contributed by atoms with Crippen LogP contribution in [-0.2, 0) is 20.0 Å². The summed E-state index contributed by atoms with van der Waals surface area (Å²) < 4.78 is 37.3. The Morgan fingerprint density at radius 3 is 1.68 bits per heavy atom. The minimum Gasteiger partial charge on any atom is -0.497 e. The molecule has 1 aliphatic rings. The fourth-order valence-corrected chi connectivity index (χ4v) is 6.81. The summed E-state index contributed by atoms with van der Waals surface area (Å²) >= 11 is 0. The predicted molar refractivity (Wildman–Crippen MR) is 172 cm³/mol. The second-order valence-corrected chi connectivity index (χ2v) is 13.6. The van der Waals surface area contributed by atoms with Gasteiger partial charge in [-0.15, -0.1) is 0 Å². The lowest BCUT2D eigenvalue weighted by atomic mass is 9.72. The van der Waals surface area contributed by atoms with E-state index in [9.17, 15) is 13.2 Å². The van der Waals surface area contributed by atoms with Crippen LogP contribution in [0.1, 0.15) is 36.5 Å². The van der Waals surface area contributed by atoms with Crippen LogP contribution in [0.5, 0.6) is 17.2 Å². The molecule has 5 rings (SSSR count). The zero-order chi connectivity index (χ0) is 31.3. The largest absolute Gasteiger partial charge is 0.497 e. The molecule has 1 heterocycles. The predicted octanol–water partition coefficient (Wildman–Crippen LogP) is 6.49. The summed E-state index contributed by atoms with van der Waals surface area (Å²) in [4.78, 5) is 17.8. The Morgan fingerprint density at radius 1 is 0.727 bits per heavy atom. The smallest absolute Gasteiger partial charge is 0.222 e. The first-order chi connectivity index (χ1) is 21.1. The fourth-order valence-electron chi connectivity index (χ4n) is 5.55. The van der Waals surface area contributed by atoms with Crippen molar-refractivity contribution in [2.24, 2.45) is 0 Å². The highest BCUT2D eigenvalue weighted by atomic mass is 32.2. The molecule has 1 amide bonds. The zero-order valence-electron chi connectivity index (χ0n) is 25.8. The van der Waals surface area contributed by atoms with Crippen molar-refractivity contribution in [2.45, 2.75) is 41.9 Å². The van der Waals surface area contributed by atoms with E-state index in [-0.39, 0.29) is 21.1 Å². The molecule has 8 heteroatoms. The maximum atomic E-state index is 13.2. The van der Waals surface area contributed by atoms with Crippen molar-refractivity contribution in [1.82, 2.24) is 9.80 Å². The normalized spacial score (nSPS) is 15.4. The Balaban J connectivity index is 1.31. The van der Waals surface area contributed by atoms with Gasteiger partial charge < -0.3 is 19.3 Å². The molecule has 1 unspecified atom stereocenters. The number of nitrogens with zero attached hydrogens (tertiary/aromatic N) is 2. The third kappa shape index (κ3) is 6.98. The van der Waals surface area contributed by atoms with Gasteiger partial charge in [-0.2, -0.15) is 0 Å². The number of benzene rings is 4. The minimum atomic E-state index is -3.67. The highest BCUT2D eigenvalue weighted by Crippen LogP contribution is 2.38. The number of amides is 1. The standard InChI is InChI=1S/C36H40N2O5S/c1-27-5-7-28(8-6-27)36(2,22-21-35(39)38-25-23-37(3)24-26-38)29-9-11-31(12-10-29)43-32-15-19-34(20-16-32)44(40,41)33-17-13-30(42-4)14-18-33/h5-20H,21-26H2,1-4H3. The SMILES string of the molecule is COc1ccc(S(=O)(=O)c2ccc(Oc3ccc(C(C)(CCC(=O)N4CCN(C)CC4)c4ccc(C)cc4)cc3)cc2)cc1. The summed E-state index contributed by atoms with van der Waals surface area (Å²) in [7, 11) is -0.0372. The summed E-state index contributed by atoms with van der Waals surface area (Å²) in [5.41, 5.74) is 3.08. The third-order valence-electron chi connectivity index (χ3n) is 8.61. The Hall–Kier alpha value is -4.14. The number of rotatable bonds is 10. The van der Waals surface area contributed by atoms with Crippen LogP contribution in [-0.4, -0.2) is 64.5 Å². The van der Waals surface area contributed by atoms with Gasteiger partial charge >= 0.3 is 0 Å². The van der Waals surface area contributed by atoms with Gasteiger partial charge in [-0.3, -0.25) is 4.79 Å². The molecule has 0 bridgehead atoms. The maximum absolute atomic E-state index is 13.2. The summed E-state index contributed by atoms with van der Waals surface area (Å²) in [6.07, 6.45) is 1.16. The van der Waals surface area contributed by atoms with E-state index in [0.717, 1.165) is 37.3 Å². The van der Waals surface area contributed by atoms with Crippen molar-refractivity contribution in [1.29, 1.82) is 0 Å². The van der Waals surface area contributed by atoms with Crippen LogP contribution < -0.4 is 9.47 Å². The van der Waals surface area contributed by atoms with Crippen LogP contribution in [0.3, 0.4) is 0 Å². The molecule has 4 aromatic rings. The number of hydrogen-bond acceptors (Lipinski definition) is 6. The summed E-state index contributed by atoms with van der Waals surface area (Å²) in [5, 5.41) is 0. The second-order valence-electron chi connectivity index (χ2n) is 11.7. The monoisotopic (exact) mass is 612 g/mol. The number of likely N-dealkylation sites (N-methyl/N-ethyl adjacent to an activating group) is 1. The summed E-state index contributed by atoms with van der Waals surface area (Å²) in [6, 6.07) is 29.2. The van der Waals surface area contributed by atoms with Crippen molar-refractivity contribution in [3.05, 3.63) is 114 Å². The van der Waals surface area contributed by atoms with Crippen molar-refractivity contribution in [3.63, 3.8) is 0 Å². The van der Waals surface area contributed by atoms with Crippen LogP contribution in [0.4, 0.5) is 0 Å². The van der Waals surface area contributed by atoms with Gasteiger partial charge in [-0.05, 0) is 92.2 Å². The first-order valence-electron chi connectivity index (χ1n) is 14.9. The van der Waals surface area contributed by atoms with E-state index < -0.39 is 9.84 Å². The Morgan fingerprint density at radius 2 is 1.18 bits per heavy atom. The quantitative estimate of drug-likeness (QED) is 0.204. The van der Waals surface area contributed by atoms with Crippen molar-refractivity contribution < 1.29 is 22.7 Å². The molecule has 1 aliphatic heterocycles. The Labute approximate surface area is 261 Å². The summed E-state index contributed by atoms with van der Waals surface area (Å²) in [5.74, 6) is 1.97. The third-order valence-corrected chi connectivity index (χ3v) is 10.4. The fraction of sp³-hybridized carbons (Fsp3) is 0.306. The Kier molecular flexibility index (Phi) is 9.42. The molecule has 1 fully saturated rings. The van der Waals surface area contributed by atoms with E-state index in [4.69, 9.17) is 9.47 Å². The van der Waals surface area contributed by atoms with E-state index in [1.807, 2.05) is 17.0 Å². The van der Waals surface area contributed by atoms with E-state index in [1.54, 1.807) is 36.4 Å². The van der Waals surface area contributed by atoms with Gasteiger partial charge in [0.05, 0.1) is 16.9 Å². The zero-order valence-corrected chi connectivity index (χ0v) is 26.6. The molecule has 0 aromatic heterocycles. The van der Waals surface area contributed by atoms with Gasteiger partial charge in [0.15, 0.2) is 0 Å². The molecule has 1 saturated heterocycles. The lowest BCUT2D eigenvalue weighted by Crippen LogP contribution is -2.47. The molecular weight excluding hydrogens is 572 g/mol. The second kappa shape index (κ2) is 13.2. The van der Waals surface area contributed by atoms with Crippen molar-refractivity contribution in [3.8, 4) is 17.2 Å². The molecule has 7 nitrogen and oxygen atoms in total. The molecule has 230 valence electrons. The van der Waals surface area contributed by atoms with E-state index in [2.05, 4.69) is 62.2 Å². The van der Waals surface area contributed by atoms with Crippen LogP contribution >= 0.6 is 0 Å². The van der Waals surface area contributed by atoms with Gasteiger partial charge in [0, 0.05) is 38.0 Å². The summed E-state index contributed by atoms with van der Waals surface area (Å²) in [6.45, 7) is 7.64. The van der Waals surface area contributed by atoms with Gasteiger partial charge in [0.1, 0.15) is 17.2 Å². The molecule has 0 spiro atoms. The molecule has 0 N–H and O–H groups in total. The number of methoxy groups -OCH3 is 1. The highest BCUT2D eigenvalue weighted by molar-refractivity contribution is 7.91. The molecule has 1 atom stereocenters. The van der Waals surface area contributed by atoms with E-state index in [0.29, 0.717) is 30.1 Å². The maximum Gasteiger partial charge on any atom is 0.222 e. The van der Waals surface area contributed by atoms with Gasteiger partial charge in [0.25, 0.3) is 0 Å². The van der Waals surface area contributed by atoms with Crippen LogP contribution in [0.2, 0.25) is 0 Å². The molecule has 0 radical (unpaired) electrons. The van der Waals surface area contributed by atoms with Crippen molar-refractivity contribution in [2.75, 3.05) is 40.3 Å². The number of carbonyl (C=O) groups excluding carboxylic acids is 1. The van der Waals surface area contributed by atoms with Gasteiger partial charge in [-0.25, -0.2) is 8.42 Å². The topological polar surface area (TPSA) is 76.2 Å². The molecule has 44 heavy (non-hydrogen) atoms. The highest BCUT2D eigenvalue weighted by Gasteiger charge is 2.31. The van der Waals surface area contributed by atoms with E-state index >= 15 is 0 Å². The first-order valence-corrected chi connectivity index (χ1v) is 16.4. The van der Waals surface area contributed by atoms with Crippen LogP contribution in [0.15, 0.2) is 107 Å². The number of piperazine rings is 1. The molecule has 0 aliphatic carbocycles. The van der Waals surface area contributed by atoms with Gasteiger partial charge in [-0.1, -0.05) is 48.9 Å². The van der Waals surface area contributed by atoms with Crippen molar-refractivity contribution >= 4 is 15.7 Å².